The average Bonchev–Trinajstić information content (AvgIpc) is 2.68. The van der Waals surface area contributed by atoms with Crippen molar-refractivity contribution in [2.45, 2.75) is 38.7 Å². The smallest absolute Gasteiger partial charge is 0.411 e. The van der Waals surface area contributed by atoms with Gasteiger partial charge in [0, 0.05) is 40.2 Å². The van der Waals surface area contributed by atoms with E-state index in [0.717, 1.165) is 56.8 Å². The van der Waals surface area contributed by atoms with Gasteiger partial charge >= 0.3 is 6.09 Å². The number of carbonyl (C=O) groups excluding carboxylic acids is 1. The molecule has 29 heavy (non-hydrogen) atoms. The molecule has 0 radical (unpaired) electrons. The second-order valence-electron chi connectivity index (χ2n) is 6.91. The van der Waals surface area contributed by atoms with Gasteiger partial charge in [-0.2, -0.15) is 0 Å². The third kappa shape index (κ3) is 5.45. The summed E-state index contributed by atoms with van der Waals surface area (Å²) in [6.45, 7) is 8.16. The van der Waals surface area contributed by atoms with Crippen LogP contribution in [0.5, 0.6) is 0 Å². The maximum atomic E-state index is 12.2. The van der Waals surface area contributed by atoms with Crippen LogP contribution in [0.1, 0.15) is 30.5 Å². The molecule has 0 aliphatic carbocycles. The van der Waals surface area contributed by atoms with Crippen LogP contribution in [0.25, 0.3) is 0 Å². The second-order valence-corrected chi connectivity index (χ2v) is 11.1. The van der Waals surface area contributed by atoms with E-state index in [0.29, 0.717) is 6.42 Å². The van der Waals surface area contributed by atoms with Gasteiger partial charge in [-0.25, -0.2) is 13.2 Å². The molecule has 0 unspecified atom stereocenters. The summed E-state index contributed by atoms with van der Waals surface area (Å²) in [4.78, 5) is 15.2. The highest BCUT2D eigenvalue weighted by atomic mass is 33.1. The van der Waals surface area contributed by atoms with Gasteiger partial charge in [-0.05, 0) is 68.1 Å². The molecule has 2 aromatic rings. The molecule has 156 valence electrons. The summed E-state index contributed by atoms with van der Waals surface area (Å²) in [7, 11) is -2.16. The van der Waals surface area contributed by atoms with E-state index in [1.54, 1.807) is 12.1 Å². The monoisotopic (exact) mass is 434 g/mol. The lowest BCUT2D eigenvalue weighted by atomic mass is 10.1. The molecule has 8 heteroatoms. The summed E-state index contributed by atoms with van der Waals surface area (Å²) in [5.74, 6) is 0.137. The molecule has 6 nitrogen and oxygen atoms in total. The van der Waals surface area contributed by atoms with Crippen LogP contribution in [0.4, 0.5) is 16.2 Å². The van der Waals surface area contributed by atoms with E-state index >= 15 is 0 Å². The SMILES string of the molecule is CCN(CC)c1ccc(NC(=O)OCc2ccc3c(c2)CCS(=O)(=O)S3)c(C)c1. The van der Waals surface area contributed by atoms with Gasteiger partial charge in [0.1, 0.15) is 6.61 Å². The number of fused-ring (bicyclic) bond motifs is 1. The number of carbonyl (C=O) groups is 1. The van der Waals surface area contributed by atoms with Crippen LogP contribution in [0, 0.1) is 6.92 Å². The van der Waals surface area contributed by atoms with Crippen LogP contribution in [0.3, 0.4) is 0 Å². The highest BCUT2D eigenvalue weighted by Crippen LogP contribution is 2.34. The van der Waals surface area contributed by atoms with Crippen LogP contribution in [0.15, 0.2) is 41.3 Å². The number of benzene rings is 2. The normalized spacial score (nSPS) is 14.7. The number of rotatable bonds is 6. The van der Waals surface area contributed by atoms with E-state index in [1.165, 1.54) is 0 Å². The fraction of sp³-hybridized carbons (Fsp3) is 0.381. The summed E-state index contributed by atoms with van der Waals surface area (Å²) < 4.78 is 28.7. The Morgan fingerprint density at radius 1 is 1.17 bits per heavy atom. The van der Waals surface area contributed by atoms with Gasteiger partial charge in [0.15, 0.2) is 0 Å². The Morgan fingerprint density at radius 3 is 2.62 bits per heavy atom. The van der Waals surface area contributed by atoms with Crippen LogP contribution in [-0.2, 0) is 26.6 Å². The van der Waals surface area contributed by atoms with Crippen molar-refractivity contribution in [3.8, 4) is 0 Å². The second kappa shape index (κ2) is 9.09. The average molecular weight is 435 g/mol. The van der Waals surface area contributed by atoms with E-state index in [4.69, 9.17) is 4.74 Å². The number of amides is 1. The lowest BCUT2D eigenvalue weighted by molar-refractivity contribution is 0.155. The molecule has 3 rings (SSSR count). The number of ether oxygens (including phenoxy) is 1. The fourth-order valence-corrected chi connectivity index (χ4v) is 6.31. The van der Waals surface area contributed by atoms with Gasteiger partial charge < -0.3 is 9.64 Å². The highest BCUT2D eigenvalue weighted by Gasteiger charge is 2.22. The zero-order chi connectivity index (χ0) is 21.0. The van der Waals surface area contributed by atoms with Crippen LogP contribution in [-0.4, -0.2) is 33.4 Å². The molecule has 0 aromatic heterocycles. The quantitative estimate of drug-likeness (QED) is 0.672. The molecule has 1 aliphatic heterocycles. The third-order valence-electron chi connectivity index (χ3n) is 4.91. The van der Waals surface area contributed by atoms with Crippen molar-refractivity contribution in [2.24, 2.45) is 0 Å². The summed E-state index contributed by atoms with van der Waals surface area (Å²) in [6.07, 6.45) is -0.0265. The topological polar surface area (TPSA) is 75.7 Å². The molecule has 0 bridgehead atoms. The minimum Gasteiger partial charge on any atom is -0.444 e. The van der Waals surface area contributed by atoms with Crippen LogP contribution in [0.2, 0.25) is 0 Å². The van der Waals surface area contributed by atoms with Gasteiger partial charge in [0.2, 0.25) is 8.87 Å². The number of anilines is 2. The minimum absolute atomic E-state index is 0.132. The fourth-order valence-electron chi connectivity index (χ4n) is 3.28. The van der Waals surface area contributed by atoms with Crippen molar-refractivity contribution >= 4 is 37.1 Å². The Morgan fingerprint density at radius 2 is 1.93 bits per heavy atom. The summed E-state index contributed by atoms with van der Waals surface area (Å²) in [5, 5.41) is 2.79. The first-order valence-electron chi connectivity index (χ1n) is 9.64. The lowest BCUT2D eigenvalue weighted by Gasteiger charge is -2.22. The van der Waals surface area contributed by atoms with E-state index in [9.17, 15) is 13.2 Å². The zero-order valence-corrected chi connectivity index (χ0v) is 18.5. The number of aryl methyl sites for hydroxylation is 2. The lowest BCUT2D eigenvalue weighted by Crippen LogP contribution is -2.22. The molecule has 1 heterocycles. The summed E-state index contributed by atoms with van der Waals surface area (Å²) in [5.41, 5.74) is 4.64. The van der Waals surface area contributed by atoms with Gasteiger partial charge in [-0.15, -0.1) is 0 Å². The van der Waals surface area contributed by atoms with Gasteiger partial charge in [0.05, 0.1) is 5.75 Å². The molecule has 0 saturated carbocycles. The Labute approximate surface area is 176 Å². The van der Waals surface area contributed by atoms with Crippen molar-refractivity contribution in [3.05, 3.63) is 53.1 Å². The molecule has 0 atom stereocenters. The van der Waals surface area contributed by atoms with Gasteiger partial charge in [0.25, 0.3) is 0 Å². The molecule has 1 aliphatic rings. The van der Waals surface area contributed by atoms with Crippen molar-refractivity contribution < 1.29 is 17.9 Å². The Kier molecular flexibility index (Phi) is 6.74. The Hall–Kier alpha value is -2.19. The largest absolute Gasteiger partial charge is 0.444 e. The van der Waals surface area contributed by atoms with Crippen molar-refractivity contribution in [2.75, 3.05) is 29.1 Å². The van der Waals surface area contributed by atoms with E-state index in [2.05, 4.69) is 30.1 Å². The third-order valence-corrected chi connectivity index (χ3v) is 8.24. The van der Waals surface area contributed by atoms with Crippen LogP contribution >= 0.6 is 10.8 Å². The van der Waals surface area contributed by atoms with E-state index < -0.39 is 15.0 Å². The zero-order valence-electron chi connectivity index (χ0n) is 16.9. The highest BCUT2D eigenvalue weighted by molar-refractivity contribution is 8.72. The molecule has 1 N–H and O–H groups in total. The standard InChI is InChI=1S/C21H26N2O4S2/c1-4-23(5-2)18-7-8-19(15(3)12-18)22-21(24)27-14-16-6-9-20-17(13-16)10-11-29(25,26)28-20/h6-9,12-13H,4-5,10-11,14H2,1-3H3,(H,22,24). The van der Waals surface area contributed by atoms with Crippen LogP contribution < -0.4 is 10.2 Å². The van der Waals surface area contributed by atoms with E-state index in [1.807, 2.05) is 25.1 Å². The predicted octanol–water partition coefficient (Wildman–Crippen LogP) is 4.57. The molecular weight excluding hydrogens is 408 g/mol. The van der Waals surface area contributed by atoms with Gasteiger partial charge in [-0.3, -0.25) is 5.32 Å². The van der Waals surface area contributed by atoms with Crippen molar-refractivity contribution in [3.63, 3.8) is 0 Å². The first-order chi connectivity index (χ1) is 13.8. The molecule has 1 amide bonds. The molecule has 2 aromatic carbocycles. The number of nitrogens with zero attached hydrogens (tertiary/aromatic N) is 1. The Balaban J connectivity index is 1.59. The molecule has 0 spiro atoms. The number of hydrogen-bond acceptors (Lipinski definition) is 6. The first kappa shape index (κ1) is 21.5. The van der Waals surface area contributed by atoms with Crippen molar-refractivity contribution in [1.82, 2.24) is 0 Å². The minimum atomic E-state index is -3.07. The number of nitrogens with one attached hydrogen (secondary N) is 1. The van der Waals surface area contributed by atoms with E-state index in [-0.39, 0.29) is 12.4 Å². The Bertz CT molecular complexity index is 1000. The summed E-state index contributed by atoms with van der Waals surface area (Å²) in [6, 6.07) is 11.4. The number of hydrogen-bond donors (Lipinski definition) is 1. The molecular formula is C21H26N2O4S2. The van der Waals surface area contributed by atoms with Gasteiger partial charge in [-0.1, -0.05) is 12.1 Å². The predicted molar refractivity (Wildman–Crippen MR) is 118 cm³/mol. The molecule has 0 saturated heterocycles. The summed E-state index contributed by atoms with van der Waals surface area (Å²) >= 11 is 0. The van der Waals surface area contributed by atoms with Crippen molar-refractivity contribution in [1.29, 1.82) is 0 Å². The maximum Gasteiger partial charge on any atom is 0.411 e. The first-order valence-corrected chi connectivity index (χ1v) is 12.6. The maximum absolute atomic E-state index is 12.2. The molecule has 0 fully saturated rings.